The van der Waals surface area contributed by atoms with Crippen LogP contribution in [0.15, 0.2) is 53.5 Å². The van der Waals surface area contributed by atoms with E-state index >= 15 is 0 Å². The van der Waals surface area contributed by atoms with E-state index < -0.39 is 0 Å². The van der Waals surface area contributed by atoms with E-state index in [9.17, 15) is 4.79 Å². The number of nitrogens with one attached hydrogen (secondary N) is 1. The highest BCUT2D eigenvalue weighted by Gasteiger charge is 2.24. The molecule has 8 nitrogen and oxygen atoms in total. The number of aliphatic imine (C=N–C) groups is 1. The molecular formula is C23H22N6O2. The molecule has 0 atom stereocenters. The summed E-state index contributed by atoms with van der Waals surface area (Å²) in [6, 6.07) is 16.5. The molecule has 1 N–H and O–H groups in total. The van der Waals surface area contributed by atoms with Crippen LogP contribution >= 0.6 is 0 Å². The monoisotopic (exact) mass is 414 g/mol. The molecule has 8 heteroatoms. The van der Waals surface area contributed by atoms with E-state index in [1.807, 2.05) is 46.4 Å². The Balaban J connectivity index is 2.05. The van der Waals surface area contributed by atoms with Crippen molar-refractivity contribution >= 4 is 30.2 Å². The smallest absolute Gasteiger partial charge is 0.302 e. The first-order chi connectivity index (χ1) is 15.1. The Morgan fingerprint density at radius 3 is 2.61 bits per heavy atom. The molecule has 2 aromatic rings. The summed E-state index contributed by atoms with van der Waals surface area (Å²) >= 11 is 0. The number of carbonyl (C=O) groups excluding carboxylic acids is 1. The van der Waals surface area contributed by atoms with Crippen LogP contribution in [0.25, 0.3) is 11.6 Å². The van der Waals surface area contributed by atoms with Crippen LogP contribution in [0.1, 0.15) is 18.1 Å². The molecule has 31 heavy (non-hydrogen) atoms. The third-order valence-corrected chi connectivity index (χ3v) is 4.43. The molecule has 0 saturated carbocycles. The lowest BCUT2D eigenvalue weighted by atomic mass is 10.2. The van der Waals surface area contributed by atoms with Crippen molar-refractivity contribution in [1.82, 2.24) is 10.3 Å². The van der Waals surface area contributed by atoms with Crippen LogP contribution in [0.3, 0.4) is 0 Å². The van der Waals surface area contributed by atoms with Crippen molar-refractivity contribution in [2.45, 2.75) is 6.92 Å². The molecule has 0 fully saturated rings. The van der Waals surface area contributed by atoms with Gasteiger partial charge in [0.1, 0.15) is 13.2 Å². The molecular weight excluding hydrogens is 392 g/mol. The van der Waals surface area contributed by atoms with Crippen molar-refractivity contribution < 1.29 is 14.2 Å². The van der Waals surface area contributed by atoms with E-state index in [4.69, 9.17) is 15.4 Å². The lowest BCUT2D eigenvalue weighted by Crippen LogP contribution is -2.46. The molecule has 0 aliphatic carbocycles. The molecule has 0 aromatic heterocycles. The molecule has 1 aliphatic rings. The predicted octanol–water partition coefficient (Wildman–Crippen LogP) is 0.0779. The Kier molecular flexibility index (Phi) is 7.30. The van der Waals surface area contributed by atoms with Gasteiger partial charge in [0, 0.05) is 24.3 Å². The van der Waals surface area contributed by atoms with Crippen LogP contribution in [0.4, 0.5) is 0 Å². The Bertz CT molecular complexity index is 1160. The van der Waals surface area contributed by atoms with Crippen molar-refractivity contribution in [2.75, 3.05) is 26.2 Å². The fourth-order valence-electron chi connectivity index (χ4n) is 2.93. The summed E-state index contributed by atoms with van der Waals surface area (Å²) in [4.78, 5) is 15.8. The van der Waals surface area contributed by atoms with Crippen molar-refractivity contribution in [3.63, 3.8) is 0 Å². The van der Waals surface area contributed by atoms with Gasteiger partial charge in [0.2, 0.25) is 12.4 Å². The SMILES string of the molecule is CC(=O)OCCN(C1=NCCN1)/[N+](C=c1ccc(=C=[N-])cc1)=C/c1ccc(C#N)cc1. The van der Waals surface area contributed by atoms with Crippen LogP contribution < -0.4 is 15.8 Å². The van der Waals surface area contributed by atoms with Crippen LogP contribution in [0, 0.1) is 11.3 Å². The highest BCUT2D eigenvalue weighted by Crippen LogP contribution is 2.04. The summed E-state index contributed by atoms with van der Waals surface area (Å²) in [5.41, 5.74) is 1.45. The zero-order valence-electron chi connectivity index (χ0n) is 17.2. The van der Waals surface area contributed by atoms with Gasteiger partial charge in [-0.25, -0.2) is 4.99 Å². The number of esters is 1. The van der Waals surface area contributed by atoms with Gasteiger partial charge in [-0.3, -0.25) is 10.7 Å². The Morgan fingerprint density at radius 1 is 1.29 bits per heavy atom. The summed E-state index contributed by atoms with van der Waals surface area (Å²) < 4.78 is 7.02. The number of nitriles is 1. The number of guanidine groups is 1. The largest absolute Gasteiger partial charge is 0.763 e. The Morgan fingerprint density at radius 2 is 2.03 bits per heavy atom. The molecule has 1 heterocycles. The van der Waals surface area contributed by atoms with Crippen LogP contribution in [0.5, 0.6) is 0 Å². The molecule has 0 spiro atoms. The summed E-state index contributed by atoms with van der Waals surface area (Å²) in [5.74, 6) is 2.44. The number of benzene rings is 2. The van der Waals surface area contributed by atoms with Gasteiger partial charge in [-0.15, -0.1) is 5.01 Å². The van der Waals surface area contributed by atoms with E-state index in [0.29, 0.717) is 29.8 Å². The number of hydrazine groups is 1. The molecule has 2 aromatic carbocycles. The predicted molar refractivity (Wildman–Crippen MR) is 118 cm³/mol. The summed E-state index contributed by atoms with van der Waals surface area (Å²) in [6.45, 7) is 3.32. The van der Waals surface area contributed by atoms with Crippen molar-refractivity contribution in [3.05, 3.63) is 75.5 Å². The normalized spacial score (nSPS) is 12.8. The van der Waals surface area contributed by atoms with Crippen molar-refractivity contribution in [1.29, 1.82) is 5.26 Å². The van der Waals surface area contributed by atoms with Gasteiger partial charge in [0.15, 0.2) is 0 Å². The molecule has 3 rings (SSSR count). The second-order valence-corrected chi connectivity index (χ2v) is 6.70. The Labute approximate surface area is 180 Å². The minimum atomic E-state index is -0.347. The number of hydrogen-bond acceptors (Lipinski definition) is 6. The van der Waals surface area contributed by atoms with Gasteiger partial charge in [0.25, 0.3) is 5.96 Å². The van der Waals surface area contributed by atoms with Gasteiger partial charge in [-0.2, -0.15) is 5.26 Å². The topological polar surface area (TPSA) is 103 Å². The van der Waals surface area contributed by atoms with Crippen LogP contribution in [-0.4, -0.2) is 59.9 Å². The molecule has 0 radical (unpaired) electrons. The van der Waals surface area contributed by atoms with E-state index in [2.05, 4.69) is 22.2 Å². The number of hydrogen-bond donors (Lipinski definition) is 1. The van der Waals surface area contributed by atoms with Crippen molar-refractivity contribution in [3.8, 4) is 6.07 Å². The highest BCUT2D eigenvalue weighted by molar-refractivity contribution is 5.82. The molecule has 0 unspecified atom stereocenters. The molecule has 156 valence electrons. The number of carbonyl (C=O) groups is 1. The first-order valence-electron chi connectivity index (χ1n) is 9.76. The second kappa shape index (κ2) is 10.5. The Hall–Kier alpha value is -4.21. The standard InChI is InChI=1S/C23H22N6O2/c1-18(30)31-13-12-29(23-26-10-11-27-23)28(16-21-6-2-19(14-24)3-7-21)17-22-8-4-20(15-25)5-9-22/h2-9,16-17H,10-13H2,1H3,(H,26,27)/b28-16+. The first-order valence-corrected chi connectivity index (χ1v) is 9.76. The maximum absolute atomic E-state index is 11.3. The van der Waals surface area contributed by atoms with Gasteiger partial charge in [-0.1, -0.05) is 4.68 Å². The molecule has 0 bridgehead atoms. The van der Waals surface area contributed by atoms with E-state index in [1.54, 1.807) is 24.3 Å². The third kappa shape index (κ3) is 6.13. The number of rotatable bonds is 6. The van der Waals surface area contributed by atoms with Gasteiger partial charge in [0.05, 0.1) is 18.2 Å². The summed E-state index contributed by atoms with van der Waals surface area (Å²) in [5, 5.41) is 24.7. The fraction of sp³-hybridized carbons (Fsp3) is 0.217. The number of ether oxygens (including phenoxy) is 1. The molecule has 1 aliphatic heterocycles. The summed E-state index contributed by atoms with van der Waals surface area (Å²) in [7, 11) is 0. The minimum Gasteiger partial charge on any atom is -0.763 e. The van der Waals surface area contributed by atoms with Gasteiger partial charge >= 0.3 is 5.97 Å². The maximum Gasteiger partial charge on any atom is 0.302 e. The van der Waals surface area contributed by atoms with Gasteiger partial charge < -0.3 is 15.5 Å². The van der Waals surface area contributed by atoms with E-state index in [0.717, 1.165) is 17.3 Å². The van der Waals surface area contributed by atoms with E-state index in [-0.39, 0.29) is 12.6 Å². The first kappa shape index (κ1) is 21.5. The summed E-state index contributed by atoms with van der Waals surface area (Å²) in [6.07, 6.45) is 3.80. The average Bonchev–Trinajstić information content (AvgIpc) is 3.32. The maximum atomic E-state index is 11.3. The van der Waals surface area contributed by atoms with Crippen LogP contribution in [0.2, 0.25) is 0 Å². The molecule has 0 amide bonds. The number of hydrazone groups is 1. The van der Waals surface area contributed by atoms with Gasteiger partial charge in [-0.05, 0) is 53.7 Å². The lowest BCUT2D eigenvalue weighted by molar-refractivity contribution is -0.577. The molecule has 0 saturated heterocycles. The van der Waals surface area contributed by atoms with Crippen LogP contribution in [-0.2, 0) is 9.53 Å². The minimum absolute atomic E-state index is 0.189. The average molecular weight is 414 g/mol. The number of nitrogens with zero attached hydrogens (tertiary/aromatic N) is 5. The highest BCUT2D eigenvalue weighted by atomic mass is 16.5. The quantitative estimate of drug-likeness (QED) is 0.312. The van der Waals surface area contributed by atoms with Crippen molar-refractivity contribution in [2.24, 2.45) is 4.99 Å². The third-order valence-electron chi connectivity index (χ3n) is 4.43. The lowest BCUT2D eigenvalue weighted by Gasteiger charge is -2.18. The zero-order chi connectivity index (χ0) is 22.1. The van der Waals surface area contributed by atoms with E-state index in [1.165, 1.54) is 6.92 Å². The zero-order valence-corrected chi connectivity index (χ0v) is 17.2. The fourth-order valence-corrected chi connectivity index (χ4v) is 2.93. The second-order valence-electron chi connectivity index (χ2n) is 6.70.